The first-order chi connectivity index (χ1) is 19.5. The summed E-state index contributed by atoms with van der Waals surface area (Å²) in [4.78, 5) is 41.9. The number of carbonyl (C=O) groups is 3. The van der Waals surface area contributed by atoms with Gasteiger partial charge in [0, 0.05) is 12.2 Å². The number of benzene rings is 2. The van der Waals surface area contributed by atoms with E-state index in [1.807, 2.05) is 6.07 Å². The van der Waals surface area contributed by atoms with Gasteiger partial charge in [0.25, 0.3) is 5.91 Å². The van der Waals surface area contributed by atoms with E-state index in [2.05, 4.69) is 24.1 Å². The number of nitrogens with one attached hydrogen (secondary N) is 2. The molecule has 0 aliphatic heterocycles. The number of alkyl carbamates (subject to hydrolysis) is 1. The second kappa shape index (κ2) is 16.4. The summed E-state index contributed by atoms with van der Waals surface area (Å²) < 4.78 is 10.5. The summed E-state index contributed by atoms with van der Waals surface area (Å²) in [5, 5.41) is 15.5. The molecule has 0 aliphatic rings. The van der Waals surface area contributed by atoms with Gasteiger partial charge in [0.15, 0.2) is 0 Å². The molecule has 0 heterocycles. The van der Waals surface area contributed by atoms with Crippen LogP contribution in [0, 0.1) is 0 Å². The molecule has 0 aromatic heterocycles. The molecule has 9 heteroatoms. The topological polar surface area (TPSA) is 117 Å². The van der Waals surface area contributed by atoms with Crippen LogP contribution in [0.5, 0.6) is 5.75 Å². The molecule has 0 fully saturated rings. The molecule has 0 spiro atoms. The fourth-order valence-electron chi connectivity index (χ4n) is 4.30. The van der Waals surface area contributed by atoms with E-state index in [1.54, 1.807) is 76.4 Å². The first-order valence-electron chi connectivity index (χ1n) is 14.1. The Balaban J connectivity index is 2.49. The van der Waals surface area contributed by atoms with Gasteiger partial charge >= 0.3 is 6.09 Å². The van der Waals surface area contributed by atoms with Crippen molar-refractivity contribution in [3.63, 3.8) is 0 Å². The van der Waals surface area contributed by atoms with Gasteiger partial charge in [-0.3, -0.25) is 9.59 Å². The number of aliphatic hydroxyl groups is 1. The van der Waals surface area contributed by atoms with Crippen LogP contribution >= 0.6 is 0 Å². The van der Waals surface area contributed by atoms with E-state index in [0.29, 0.717) is 23.4 Å². The maximum Gasteiger partial charge on any atom is 0.408 e. The summed E-state index contributed by atoms with van der Waals surface area (Å²) in [6, 6.07) is 11.8. The molecule has 2 unspecified atom stereocenters. The maximum atomic E-state index is 14.0. The van der Waals surface area contributed by atoms with Gasteiger partial charge in [0.05, 0.1) is 13.7 Å². The van der Waals surface area contributed by atoms with Crippen molar-refractivity contribution in [2.45, 2.75) is 77.5 Å². The SMILES string of the molecule is C=Cc1cccc(C(C(=O)Nc2ccc(OC)cc2)N(CCCCCCC)C(=O)C(CO)NC(=O)OC(C)(C)C)c1. The van der Waals surface area contributed by atoms with Gasteiger partial charge in [0.2, 0.25) is 5.91 Å². The molecule has 0 bridgehead atoms. The largest absolute Gasteiger partial charge is 0.497 e. The van der Waals surface area contributed by atoms with Crippen molar-refractivity contribution in [2.75, 3.05) is 25.6 Å². The highest BCUT2D eigenvalue weighted by atomic mass is 16.6. The van der Waals surface area contributed by atoms with E-state index in [0.717, 1.165) is 31.2 Å². The normalized spacial score (nSPS) is 12.5. The highest BCUT2D eigenvalue weighted by Crippen LogP contribution is 2.27. The number of carbonyl (C=O) groups excluding carboxylic acids is 3. The summed E-state index contributed by atoms with van der Waals surface area (Å²) in [5.41, 5.74) is 1.09. The summed E-state index contributed by atoms with van der Waals surface area (Å²) >= 11 is 0. The van der Waals surface area contributed by atoms with Crippen LogP contribution in [0.1, 0.15) is 77.0 Å². The zero-order valence-electron chi connectivity index (χ0n) is 24.9. The lowest BCUT2D eigenvalue weighted by atomic mass is 9.99. The van der Waals surface area contributed by atoms with Crippen molar-refractivity contribution in [1.29, 1.82) is 0 Å². The van der Waals surface area contributed by atoms with Gasteiger partial charge in [-0.25, -0.2) is 4.79 Å². The summed E-state index contributed by atoms with van der Waals surface area (Å²) in [6.45, 7) is 10.7. The Kier molecular flexibility index (Phi) is 13.4. The monoisotopic (exact) mass is 567 g/mol. The standard InChI is InChI=1S/C32H45N3O6/c1-7-9-10-11-12-20-35(30(38)27(22-36)34-31(39)41-32(3,4)5)28(24-15-13-14-23(8-2)21-24)29(37)33-25-16-18-26(40-6)19-17-25/h8,13-19,21,27-28,36H,2,7,9-12,20,22H2,1,3-6H3,(H,33,37)(H,34,39). The third kappa shape index (κ3) is 10.9. The molecule has 3 amide bonds. The Morgan fingerprint density at radius 1 is 1.05 bits per heavy atom. The molecular weight excluding hydrogens is 522 g/mol. The van der Waals surface area contributed by atoms with Crippen molar-refractivity contribution < 1.29 is 29.0 Å². The highest BCUT2D eigenvalue weighted by molar-refractivity contribution is 5.99. The molecule has 2 aromatic carbocycles. The minimum absolute atomic E-state index is 0.244. The quantitative estimate of drug-likeness (QED) is 0.238. The van der Waals surface area contributed by atoms with E-state index in [-0.39, 0.29) is 6.54 Å². The third-order valence-electron chi connectivity index (χ3n) is 6.34. The van der Waals surface area contributed by atoms with Gasteiger partial charge in [-0.2, -0.15) is 0 Å². The zero-order valence-corrected chi connectivity index (χ0v) is 24.9. The maximum absolute atomic E-state index is 14.0. The molecule has 0 saturated carbocycles. The van der Waals surface area contributed by atoms with Crippen molar-refractivity contribution in [3.05, 3.63) is 66.2 Å². The number of amides is 3. The van der Waals surface area contributed by atoms with E-state index in [9.17, 15) is 19.5 Å². The van der Waals surface area contributed by atoms with Crippen LogP contribution < -0.4 is 15.4 Å². The predicted molar refractivity (Wildman–Crippen MR) is 162 cm³/mol. The molecule has 2 aromatic rings. The first kappa shape index (κ1) is 33.4. The summed E-state index contributed by atoms with van der Waals surface area (Å²) in [5.74, 6) is -0.388. The van der Waals surface area contributed by atoms with Crippen molar-refractivity contribution in [1.82, 2.24) is 10.2 Å². The van der Waals surface area contributed by atoms with Gasteiger partial charge in [0.1, 0.15) is 23.4 Å². The number of rotatable bonds is 15. The lowest BCUT2D eigenvalue weighted by molar-refractivity contribution is -0.141. The number of methoxy groups -OCH3 is 1. The van der Waals surface area contributed by atoms with E-state index < -0.39 is 42.2 Å². The van der Waals surface area contributed by atoms with E-state index >= 15 is 0 Å². The van der Waals surface area contributed by atoms with Crippen molar-refractivity contribution in [2.24, 2.45) is 0 Å². The number of nitrogens with zero attached hydrogens (tertiary/aromatic N) is 1. The third-order valence-corrected chi connectivity index (χ3v) is 6.34. The molecule has 0 saturated heterocycles. The van der Waals surface area contributed by atoms with Crippen LogP contribution in [-0.4, -0.2) is 59.8 Å². The molecule has 224 valence electrons. The van der Waals surface area contributed by atoms with Crippen LogP contribution in [-0.2, 0) is 14.3 Å². The van der Waals surface area contributed by atoms with E-state index in [1.165, 1.54) is 4.90 Å². The summed E-state index contributed by atoms with van der Waals surface area (Å²) in [7, 11) is 1.56. The minimum Gasteiger partial charge on any atom is -0.497 e. The molecule has 9 nitrogen and oxygen atoms in total. The molecule has 2 atom stereocenters. The van der Waals surface area contributed by atoms with E-state index in [4.69, 9.17) is 9.47 Å². The lowest BCUT2D eigenvalue weighted by Gasteiger charge is -2.34. The smallest absolute Gasteiger partial charge is 0.408 e. The molecule has 3 N–H and O–H groups in total. The number of hydrogen-bond acceptors (Lipinski definition) is 6. The molecule has 41 heavy (non-hydrogen) atoms. The number of unbranched alkanes of at least 4 members (excludes halogenated alkanes) is 4. The average Bonchev–Trinajstić information content (AvgIpc) is 2.94. The Morgan fingerprint density at radius 2 is 1.73 bits per heavy atom. The van der Waals surface area contributed by atoms with Crippen LogP contribution in [0.3, 0.4) is 0 Å². The number of hydrogen-bond donors (Lipinski definition) is 3. The van der Waals surface area contributed by atoms with Crippen LogP contribution in [0.15, 0.2) is 55.1 Å². The Hall–Kier alpha value is -3.85. The molecule has 0 aliphatic carbocycles. The van der Waals surface area contributed by atoms with Crippen LogP contribution in [0.4, 0.5) is 10.5 Å². The molecule has 2 rings (SSSR count). The first-order valence-corrected chi connectivity index (χ1v) is 14.1. The highest BCUT2D eigenvalue weighted by Gasteiger charge is 2.36. The van der Waals surface area contributed by atoms with Gasteiger partial charge < -0.3 is 30.1 Å². The van der Waals surface area contributed by atoms with Crippen LogP contribution in [0.25, 0.3) is 6.08 Å². The Labute approximate surface area is 243 Å². The number of aliphatic hydroxyl groups excluding tert-OH is 1. The number of anilines is 1. The fraction of sp³-hybridized carbons (Fsp3) is 0.469. The predicted octanol–water partition coefficient (Wildman–Crippen LogP) is 5.70. The molecule has 0 radical (unpaired) electrons. The van der Waals surface area contributed by atoms with Gasteiger partial charge in [-0.05, 0) is 68.7 Å². The van der Waals surface area contributed by atoms with Crippen LogP contribution in [0.2, 0.25) is 0 Å². The lowest BCUT2D eigenvalue weighted by Crippen LogP contribution is -2.54. The zero-order chi connectivity index (χ0) is 30.4. The minimum atomic E-state index is -1.31. The van der Waals surface area contributed by atoms with Gasteiger partial charge in [-0.1, -0.05) is 63.5 Å². The molecular formula is C32H45N3O6. The fourth-order valence-corrected chi connectivity index (χ4v) is 4.30. The second-order valence-corrected chi connectivity index (χ2v) is 10.8. The second-order valence-electron chi connectivity index (χ2n) is 10.8. The van der Waals surface area contributed by atoms with Crippen molar-refractivity contribution >= 4 is 29.7 Å². The Morgan fingerprint density at radius 3 is 2.32 bits per heavy atom. The van der Waals surface area contributed by atoms with Gasteiger partial charge in [-0.15, -0.1) is 0 Å². The Bertz CT molecular complexity index is 1140. The van der Waals surface area contributed by atoms with Crippen molar-refractivity contribution in [3.8, 4) is 5.75 Å². The average molecular weight is 568 g/mol. The summed E-state index contributed by atoms with van der Waals surface area (Å²) in [6.07, 6.45) is 5.46. The number of ether oxygens (including phenoxy) is 2.